The van der Waals surface area contributed by atoms with Crippen LogP contribution in [0.4, 0.5) is 0 Å². The average Bonchev–Trinajstić information content (AvgIpc) is 2.47. The first-order valence-electron chi connectivity index (χ1n) is 7.41. The maximum absolute atomic E-state index is 11.3. The van der Waals surface area contributed by atoms with Crippen LogP contribution in [0.3, 0.4) is 0 Å². The molecule has 132 valence electrons. The summed E-state index contributed by atoms with van der Waals surface area (Å²) in [4.78, 5) is 22.3. The zero-order valence-electron chi connectivity index (χ0n) is 13.1. The number of hydrogen-bond donors (Lipinski definition) is 6. The van der Waals surface area contributed by atoms with Crippen LogP contribution in [0.1, 0.15) is 20.3 Å². The fraction of sp³-hybridized carbons (Fsp3) is 0.714. The smallest absolute Gasteiger partial charge is 0.370 e. The molecule has 0 radical (unpaired) electrons. The van der Waals surface area contributed by atoms with Crippen LogP contribution in [-0.4, -0.2) is 75.8 Å². The van der Waals surface area contributed by atoms with Gasteiger partial charge >= 0.3 is 5.97 Å². The number of nitrogens with one attached hydrogen (secondary N) is 2. The van der Waals surface area contributed by atoms with E-state index in [4.69, 9.17) is 9.84 Å². The van der Waals surface area contributed by atoms with Gasteiger partial charge in [0.25, 0.3) is 0 Å². The molecule has 23 heavy (non-hydrogen) atoms. The van der Waals surface area contributed by atoms with Crippen LogP contribution >= 0.6 is 0 Å². The Balaban J connectivity index is 2.89. The first kappa shape index (κ1) is 19.4. The van der Waals surface area contributed by atoms with Crippen molar-refractivity contribution < 1.29 is 34.8 Å². The monoisotopic (exact) mass is 332 g/mol. The van der Waals surface area contributed by atoms with Gasteiger partial charge in [-0.15, -0.1) is 0 Å². The molecule has 0 spiro atoms. The fourth-order valence-corrected chi connectivity index (χ4v) is 2.28. The number of carboxylic acids is 1. The number of rotatable bonds is 8. The quantitative estimate of drug-likeness (QED) is 0.278. The first-order valence-corrected chi connectivity index (χ1v) is 7.41. The molecule has 0 bridgehead atoms. The fourth-order valence-electron chi connectivity index (χ4n) is 2.28. The number of carbonyl (C=O) groups excluding carboxylic acids is 1. The lowest BCUT2D eigenvalue weighted by atomic mass is 9.93. The van der Waals surface area contributed by atoms with E-state index in [9.17, 15) is 24.9 Å². The molecule has 0 aliphatic carbocycles. The lowest BCUT2D eigenvalue weighted by Crippen LogP contribution is -2.60. The van der Waals surface area contributed by atoms with E-state index in [1.54, 1.807) is 0 Å². The summed E-state index contributed by atoms with van der Waals surface area (Å²) in [5, 5.41) is 44.6. The third kappa shape index (κ3) is 5.47. The number of carboxylic acid groups (broad SMARTS) is 1. The highest BCUT2D eigenvalue weighted by atomic mass is 16.5. The topological polar surface area (TPSA) is 148 Å². The van der Waals surface area contributed by atoms with Gasteiger partial charge in [0.05, 0.1) is 12.1 Å². The van der Waals surface area contributed by atoms with E-state index in [-0.39, 0.29) is 6.54 Å². The largest absolute Gasteiger partial charge is 0.478 e. The molecule has 1 amide bonds. The summed E-state index contributed by atoms with van der Waals surface area (Å²) in [5.41, 5.74) is 0. The van der Waals surface area contributed by atoms with Crippen LogP contribution in [0.2, 0.25) is 0 Å². The van der Waals surface area contributed by atoms with Crippen LogP contribution in [-0.2, 0) is 14.3 Å². The molecule has 0 fully saturated rings. The first-order chi connectivity index (χ1) is 10.8. The predicted molar refractivity (Wildman–Crippen MR) is 79.4 cm³/mol. The Labute approximate surface area is 134 Å². The van der Waals surface area contributed by atoms with Crippen molar-refractivity contribution in [1.29, 1.82) is 0 Å². The third-order valence-corrected chi connectivity index (χ3v) is 3.40. The number of aliphatic hydroxyl groups is 3. The van der Waals surface area contributed by atoms with Crippen molar-refractivity contribution >= 4 is 11.9 Å². The van der Waals surface area contributed by atoms with Crippen LogP contribution < -0.4 is 10.6 Å². The number of hydrogen-bond acceptors (Lipinski definition) is 7. The highest BCUT2D eigenvalue weighted by molar-refractivity contribution is 5.84. The lowest BCUT2D eigenvalue weighted by Gasteiger charge is -2.38. The maximum Gasteiger partial charge on any atom is 0.370 e. The highest BCUT2D eigenvalue weighted by Crippen LogP contribution is 2.22. The standard InChI is InChI=1S/C14H24N2O7/c1-3-4-15-6-9(19)12(20)13-11(16-7(2)17)8(18)5-10(23-13)14(21)22/h5,8-9,11-13,15,18-20H,3-4,6H2,1-2H3,(H,16,17)(H,21,22)/t8-,9+,11+,12+,13+/m0/s1. The molecule has 0 aromatic rings. The van der Waals surface area contributed by atoms with Gasteiger partial charge in [0.15, 0.2) is 6.10 Å². The Bertz CT molecular complexity index is 454. The summed E-state index contributed by atoms with van der Waals surface area (Å²) < 4.78 is 5.17. The van der Waals surface area contributed by atoms with Gasteiger partial charge in [-0.25, -0.2) is 4.79 Å². The van der Waals surface area contributed by atoms with Crippen LogP contribution in [0.25, 0.3) is 0 Å². The van der Waals surface area contributed by atoms with E-state index >= 15 is 0 Å². The van der Waals surface area contributed by atoms with Crippen molar-refractivity contribution in [2.45, 2.75) is 50.7 Å². The molecular formula is C14H24N2O7. The van der Waals surface area contributed by atoms with Gasteiger partial charge in [0, 0.05) is 13.5 Å². The molecule has 5 atom stereocenters. The third-order valence-electron chi connectivity index (χ3n) is 3.40. The number of aliphatic carboxylic acids is 1. The summed E-state index contributed by atoms with van der Waals surface area (Å²) in [7, 11) is 0. The molecule has 6 N–H and O–H groups in total. The Morgan fingerprint density at radius 3 is 2.57 bits per heavy atom. The zero-order chi connectivity index (χ0) is 17.6. The summed E-state index contributed by atoms with van der Waals surface area (Å²) in [6.07, 6.45) is -3.66. The van der Waals surface area contributed by atoms with Crippen molar-refractivity contribution in [3.05, 3.63) is 11.8 Å². The second-order valence-corrected chi connectivity index (χ2v) is 5.40. The van der Waals surface area contributed by atoms with E-state index < -0.39 is 48.1 Å². The number of ether oxygens (including phenoxy) is 1. The van der Waals surface area contributed by atoms with Gasteiger partial charge in [-0.3, -0.25) is 4.79 Å². The minimum Gasteiger partial charge on any atom is -0.478 e. The molecule has 0 saturated heterocycles. The Kier molecular flexibility index (Phi) is 7.43. The SMILES string of the molecule is CCCNC[C@@H](O)[C@@H](O)[C@@H]1OC(C(=O)O)=C[C@H](O)[C@H]1NC(C)=O. The summed E-state index contributed by atoms with van der Waals surface area (Å²) in [6, 6.07) is -1.08. The number of carbonyl (C=O) groups is 2. The van der Waals surface area contributed by atoms with Gasteiger partial charge in [-0.2, -0.15) is 0 Å². The van der Waals surface area contributed by atoms with Crippen LogP contribution in [0.15, 0.2) is 11.8 Å². The molecule has 1 rings (SSSR count). The second-order valence-electron chi connectivity index (χ2n) is 5.40. The van der Waals surface area contributed by atoms with E-state index in [0.29, 0.717) is 6.54 Å². The van der Waals surface area contributed by atoms with Crippen LogP contribution in [0, 0.1) is 0 Å². The zero-order valence-corrected chi connectivity index (χ0v) is 13.1. The Morgan fingerprint density at radius 2 is 2.04 bits per heavy atom. The van der Waals surface area contributed by atoms with Gasteiger partial charge in [0.2, 0.25) is 11.7 Å². The molecule has 1 aliphatic rings. The van der Waals surface area contributed by atoms with Gasteiger partial charge in [-0.05, 0) is 19.0 Å². The molecule has 0 aromatic heterocycles. The summed E-state index contributed by atoms with van der Waals surface area (Å²) in [6.45, 7) is 3.84. The van der Waals surface area contributed by atoms with Crippen molar-refractivity contribution in [2.75, 3.05) is 13.1 Å². The normalized spacial score (nSPS) is 26.7. The van der Waals surface area contributed by atoms with Gasteiger partial charge < -0.3 is 35.8 Å². The minimum absolute atomic E-state index is 0.0594. The maximum atomic E-state index is 11.3. The van der Waals surface area contributed by atoms with E-state index in [2.05, 4.69) is 10.6 Å². The number of amides is 1. The molecule has 0 unspecified atom stereocenters. The number of aliphatic hydroxyl groups excluding tert-OH is 3. The van der Waals surface area contributed by atoms with E-state index in [1.807, 2.05) is 6.92 Å². The van der Waals surface area contributed by atoms with Crippen LogP contribution in [0.5, 0.6) is 0 Å². The summed E-state index contributed by atoms with van der Waals surface area (Å²) >= 11 is 0. The lowest BCUT2D eigenvalue weighted by molar-refractivity contribution is -0.147. The van der Waals surface area contributed by atoms with Crippen molar-refractivity contribution in [3.8, 4) is 0 Å². The summed E-state index contributed by atoms with van der Waals surface area (Å²) in [5.74, 6) is -2.45. The molecule has 9 nitrogen and oxygen atoms in total. The molecule has 0 aromatic carbocycles. The molecule has 9 heteroatoms. The molecule has 0 saturated carbocycles. The average molecular weight is 332 g/mol. The minimum atomic E-state index is -1.51. The van der Waals surface area contributed by atoms with Crippen molar-refractivity contribution in [3.63, 3.8) is 0 Å². The predicted octanol–water partition coefficient (Wildman–Crippen LogP) is -2.06. The van der Waals surface area contributed by atoms with Gasteiger partial charge in [0.1, 0.15) is 12.2 Å². The van der Waals surface area contributed by atoms with E-state index in [0.717, 1.165) is 12.5 Å². The van der Waals surface area contributed by atoms with E-state index in [1.165, 1.54) is 6.92 Å². The highest BCUT2D eigenvalue weighted by Gasteiger charge is 2.42. The molecule has 1 aliphatic heterocycles. The Morgan fingerprint density at radius 1 is 1.39 bits per heavy atom. The second kappa shape index (κ2) is 8.82. The molecule has 1 heterocycles. The van der Waals surface area contributed by atoms with Crippen molar-refractivity contribution in [1.82, 2.24) is 10.6 Å². The Hall–Kier alpha value is -1.68. The molecular weight excluding hydrogens is 308 g/mol. The van der Waals surface area contributed by atoms with Gasteiger partial charge in [-0.1, -0.05) is 6.92 Å². The van der Waals surface area contributed by atoms with Crippen molar-refractivity contribution in [2.24, 2.45) is 0 Å².